The van der Waals surface area contributed by atoms with Crippen LogP contribution in [0.2, 0.25) is 5.02 Å². The summed E-state index contributed by atoms with van der Waals surface area (Å²) in [6, 6.07) is 5.45. The summed E-state index contributed by atoms with van der Waals surface area (Å²) in [7, 11) is 0. The van der Waals surface area contributed by atoms with Gasteiger partial charge in [0.1, 0.15) is 5.75 Å². The molecule has 3 rings (SSSR count). The van der Waals surface area contributed by atoms with Crippen molar-refractivity contribution in [2.45, 2.75) is 12.5 Å². The van der Waals surface area contributed by atoms with E-state index in [0.29, 0.717) is 22.9 Å². The molecule has 4 nitrogen and oxygen atoms in total. The molecule has 0 aliphatic carbocycles. The number of benzene rings is 1. The molecule has 2 heterocycles. The first kappa shape index (κ1) is 11.8. The zero-order valence-electron chi connectivity index (χ0n) is 9.99. The molecule has 0 bridgehead atoms. The third-order valence-corrected chi connectivity index (χ3v) is 3.73. The number of nitrogens with one attached hydrogen (secondary N) is 1. The second-order valence-corrected chi connectivity index (χ2v) is 5.07. The maximum Gasteiger partial charge on any atom is 0.258 e. The summed E-state index contributed by atoms with van der Waals surface area (Å²) in [4.78, 5) is 14.5. The van der Waals surface area contributed by atoms with Gasteiger partial charge in [0.25, 0.3) is 5.91 Å². The summed E-state index contributed by atoms with van der Waals surface area (Å²) in [5.41, 5.74) is 0.578. The lowest BCUT2D eigenvalue weighted by atomic mass is 10.1. The minimum Gasteiger partial charge on any atom is -0.493 e. The fraction of sp³-hybridized carbons (Fsp3) is 0.462. The van der Waals surface area contributed by atoms with Gasteiger partial charge in [-0.05, 0) is 18.2 Å². The Labute approximate surface area is 111 Å². The lowest BCUT2D eigenvalue weighted by Gasteiger charge is -2.38. The van der Waals surface area contributed by atoms with Crippen molar-refractivity contribution in [3.63, 3.8) is 0 Å². The van der Waals surface area contributed by atoms with Gasteiger partial charge >= 0.3 is 0 Å². The number of nitrogens with zero attached hydrogens (tertiary/aromatic N) is 1. The normalized spacial score (nSPS) is 23.5. The molecule has 0 aromatic heterocycles. The van der Waals surface area contributed by atoms with Crippen molar-refractivity contribution in [2.75, 3.05) is 26.2 Å². The summed E-state index contributed by atoms with van der Waals surface area (Å²) < 4.78 is 5.67. The Morgan fingerprint density at radius 3 is 3.22 bits per heavy atom. The average Bonchev–Trinajstić information content (AvgIpc) is 2.38. The summed E-state index contributed by atoms with van der Waals surface area (Å²) in [6.07, 6.45) is 0.862. The van der Waals surface area contributed by atoms with Gasteiger partial charge in [-0.15, -0.1) is 0 Å². The summed E-state index contributed by atoms with van der Waals surface area (Å²) >= 11 is 5.97. The topological polar surface area (TPSA) is 41.6 Å². The predicted octanol–water partition coefficient (Wildman–Crippen LogP) is 1.54. The van der Waals surface area contributed by atoms with E-state index in [1.165, 1.54) is 0 Å². The molecule has 1 unspecified atom stereocenters. The molecule has 1 aromatic carbocycles. The van der Waals surface area contributed by atoms with E-state index >= 15 is 0 Å². The maximum atomic E-state index is 12.5. The van der Waals surface area contributed by atoms with E-state index in [1.54, 1.807) is 18.2 Å². The molecule has 1 amide bonds. The van der Waals surface area contributed by atoms with Crippen LogP contribution in [0.15, 0.2) is 18.2 Å². The Kier molecular flexibility index (Phi) is 3.14. The molecule has 1 atom stereocenters. The van der Waals surface area contributed by atoms with Crippen LogP contribution < -0.4 is 10.1 Å². The second-order valence-electron chi connectivity index (χ2n) is 4.63. The molecule has 5 heteroatoms. The van der Waals surface area contributed by atoms with Crippen molar-refractivity contribution in [1.82, 2.24) is 10.2 Å². The minimum absolute atomic E-state index is 0.0266. The number of fused-ring (bicyclic) bond motifs is 2. The van der Waals surface area contributed by atoms with Crippen LogP contribution in [0.4, 0.5) is 0 Å². The largest absolute Gasteiger partial charge is 0.493 e. The second kappa shape index (κ2) is 4.78. The van der Waals surface area contributed by atoms with Gasteiger partial charge in [0.2, 0.25) is 0 Å². The van der Waals surface area contributed by atoms with Gasteiger partial charge in [-0.2, -0.15) is 0 Å². The van der Waals surface area contributed by atoms with Crippen molar-refractivity contribution in [3.8, 4) is 5.75 Å². The lowest BCUT2D eigenvalue weighted by Crippen LogP contribution is -2.54. The van der Waals surface area contributed by atoms with Crippen LogP contribution in [-0.2, 0) is 0 Å². The molecule has 1 fully saturated rings. The van der Waals surface area contributed by atoms with Crippen molar-refractivity contribution >= 4 is 17.5 Å². The zero-order chi connectivity index (χ0) is 12.5. The maximum absolute atomic E-state index is 12.5. The number of halogens is 1. The van der Waals surface area contributed by atoms with Crippen LogP contribution in [0.5, 0.6) is 5.75 Å². The number of hydrogen-bond donors (Lipinski definition) is 1. The molecule has 2 aliphatic rings. The Bertz CT molecular complexity index is 478. The number of amides is 1. The summed E-state index contributed by atoms with van der Waals surface area (Å²) in [5.74, 6) is 0.667. The van der Waals surface area contributed by atoms with Crippen LogP contribution in [0.1, 0.15) is 16.8 Å². The number of carbonyl (C=O) groups excluding carboxylic acids is 1. The molecule has 2 aliphatic heterocycles. The molecule has 1 saturated heterocycles. The highest BCUT2D eigenvalue weighted by Gasteiger charge is 2.30. The fourth-order valence-electron chi connectivity index (χ4n) is 2.54. The Balaban J connectivity index is 1.99. The first-order valence-electron chi connectivity index (χ1n) is 6.20. The van der Waals surface area contributed by atoms with Gasteiger partial charge in [0.05, 0.1) is 12.2 Å². The van der Waals surface area contributed by atoms with E-state index in [1.807, 2.05) is 4.90 Å². The molecule has 1 aromatic rings. The van der Waals surface area contributed by atoms with Gasteiger partial charge in [-0.3, -0.25) is 4.79 Å². The molecule has 18 heavy (non-hydrogen) atoms. The van der Waals surface area contributed by atoms with Crippen molar-refractivity contribution < 1.29 is 9.53 Å². The van der Waals surface area contributed by atoms with Gasteiger partial charge < -0.3 is 15.0 Å². The number of hydrogen-bond acceptors (Lipinski definition) is 3. The van der Waals surface area contributed by atoms with Gasteiger partial charge in [0.15, 0.2) is 0 Å². The highest BCUT2D eigenvalue weighted by molar-refractivity contribution is 6.31. The van der Waals surface area contributed by atoms with Crippen LogP contribution in [-0.4, -0.2) is 43.1 Å². The van der Waals surface area contributed by atoms with Gasteiger partial charge in [-0.25, -0.2) is 0 Å². The molecule has 1 N–H and O–H groups in total. The Morgan fingerprint density at radius 1 is 1.44 bits per heavy atom. The monoisotopic (exact) mass is 266 g/mol. The lowest BCUT2D eigenvalue weighted by molar-refractivity contribution is 0.0575. The highest BCUT2D eigenvalue weighted by atomic mass is 35.5. The first-order valence-corrected chi connectivity index (χ1v) is 6.57. The Hall–Kier alpha value is -1.26. The summed E-state index contributed by atoms with van der Waals surface area (Å²) in [6.45, 7) is 3.06. The zero-order valence-corrected chi connectivity index (χ0v) is 10.7. The molecule has 0 spiro atoms. The average molecular weight is 267 g/mol. The first-order chi connectivity index (χ1) is 8.75. The number of carbonyl (C=O) groups is 1. The molecule has 0 radical (unpaired) electrons. The van der Waals surface area contributed by atoms with E-state index in [9.17, 15) is 4.79 Å². The van der Waals surface area contributed by atoms with Crippen molar-refractivity contribution in [1.29, 1.82) is 0 Å². The molecule has 96 valence electrons. The summed E-state index contributed by atoms with van der Waals surface area (Å²) in [5, 5.41) is 3.88. The van der Waals surface area contributed by atoms with Gasteiger partial charge in [-0.1, -0.05) is 11.6 Å². The standard InChI is InChI=1S/C13H15ClN2O2/c14-9-1-2-12-11(7-9)13(17)16-5-4-15-8-10(16)3-6-18-12/h1-2,7,10,15H,3-6,8H2. The molecular weight excluding hydrogens is 252 g/mol. The van der Waals surface area contributed by atoms with Crippen LogP contribution >= 0.6 is 11.6 Å². The quantitative estimate of drug-likeness (QED) is 0.774. The van der Waals surface area contributed by atoms with E-state index in [0.717, 1.165) is 26.1 Å². The fourth-order valence-corrected chi connectivity index (χ4v) is 2.71. The number of piperazine rings is 1. The van der Waals surface area contributed by atoms with E-state index in [-0.39, 0.29) is 11.9 Å². The third kappa shape index (κ3) is 2.06. The van der Waals surface area contributed by atoms with Crippen molar-refractivity contribution in [3.05, 3.63) is 28.8 Å². The number of ether oxygens (including phenoxy) is 1. The smallest absolute Gasteiger partial charge is 0.258 e. The van der Waals surface area contributed by atoms with Crippen LogP contribution in [0, 0.1) is 0 Å². The van der Waals surface area contributed by atoms with E-state index < -0.39 is 0 Å². The number of rotatable bonds is 0. The van der Waals surface area contributed by atoms with E-state index in [2.05, 4.69) is 5.32 Å². The third-order valence-electron chi connectivity index (χ3n) is 3.49. The van der Waals surface area contributed by atoms with Crippen molar-refractivity contribution in [2.24, 2.45) is 0 Å². The van der Waals surface area contributed by atoms with Crippen LogP contribution in [0.25, 0.3) is 0 Å². The molecule has 0 saturated carbocycles. The predicted molar refractivity (Wildman–Crippen MR) is 69.3 cm³/mol. The Morgan fingerprint density at radius 2 is 2.33 bits per heavy atom. The SMILES string of the molecule is O=C1c2cc(Cl)ccc2OCCC2CNCCN12. The molecular formula is C13H15ClN2O2. The van der Waals surface area contributed by atoms with E-state index in [4.69, 9.17) is 16.3 Å². The minimum atomic E-state index is 0.0266. The highest BCUT2D eigenvalue weighted by Crippen LogP contribution is 2.27. The van der Waals surface area contributed by atoms with Gasteiger partial charge in [0, 0.05) is 37.1 Å². The van der Waals surface area contributed by atoms with Crippen LogP contribution in [0.3, 0.4) is 0 Å².